The Hall–Kier alpha value is -0.100. The van der Waals surface area contributed by atoms with Crippen molar-refractivity contribution in [3.63, 3.8) is 0 Å². The molecule has 2 unspecified atom stereocenters. The van der Waals surface area contributed by atoms with Gasteiger partial charge in [0.25, 0.3) is 0 Å². The van der Waals surface area contributed by atoms with Crippen LogP contribution in [-0.2, 0) is 19.0 Å². The minimum Gasteiger partial charge on any atom is -0.381 e. The molecule has 0 radical (unpaired) electrons. The summed E-state index contributed by atoms with van der Waals surface area (Å²) in [5, 5.41) is 0. The van der Waals surface area contributed by atoms with Crippen LogP contribution in [0.4, 0.5) is 0 Å². The summed E-state index contributed by atoms with van der Waals surface area (Å²) in [6.07, 6.45) is 4.20. The van der Waals surface area contributed by atoms with E-state index in [0.717, 1.165) is 30.8 Å². The van der Waals surface area contributed by atoms with Gasteiger partial charge in [0.15, 0.2) is 5.78 Å². The Labute approximate surface area is 124 Å². The van der Waals surface area contributed by atoms with E-state index < -0.39 is 5.60 Å². The van der Waals surface area contributed by atoms with Gasteiger partial charge in [-0.1, -0.05) is 0 Å². The van der Waals surface area contributed by atoms with Gasteiger partial charge in [0.05, 0.1) is 5.60 Å². The molecule has 0 N–H and O–H groups in total. The van der Waals surface area contributed by atoms with Crippen LogP contribution in [0.5, 0.6) is 0 Å². The van der Waals surface area contributed by atoms with Crippen molar-refractivity contribution in [2.75, 3.05) is 38.4 Å². The maximum Gasteiger partial charge on any atom is 0.168 e. The summed E-state index contributed by atoms with van der Waals surface area (Å²) in [6.45, 7) is 1.97. The molecule has 3 saturated heterocycles. The summed E-state index contributed by atoms with van der Waals surface area (Å²) in [5.74, 6) is 2.59. The van der Waals surface area contributed by atoms with Gasteiger partial charge in [-0.2, -0.15) is 11.8 Å². The highest BCUT2D eigenvalue weighted by molar-refractivity contribution is 7.99. The topological polar surface area (TPSA) is 44.8 Å². The molecular formula is C15H24O4S. The highest BCUT2D eigenvalue weighted by Crippen LogP contribution is 2.42. The minimum absolute atomic E-state index is 0.0384. The summed E-state index contributed by atoms with van der Waals surface area (Å²) < 4.78 is 17.1. The highest BCUT2D eigenvalue weighted by atomic mass is 32.2. The molecule has 5 heteroatoms. The molecule has 0 bridgehead atoms. The zero-order chi connectivity index (χ0) is 14.1. The Balaban J connectivity index is 1.72. The summed E-state index contributed by atoms with van der Waals surface area (Å²) >= 11 is 1.95. The number of carbonyl (C=O) groups excluding carboxylic acids is 1. The van der Waals surface area contributed by atoms with E-state index in [9.17, 15) is 4.79 Å². The molecule has 3 heterocycles. The van der Waals surface area contributed by atoms with Crippen LogP contribution in [0, 0.1) is 5.92 Å². The van der Waals surface area contributed by atoms with Crippen molar-refractivity contribution in [3.05, 3.63) is 0 Å². The van der Waals surface area contributed by atoms with Gasteiger partial charge in [-0.25, -0.2) is 0 Å². The lowest BCUT2D eigenvalue weighted by Crippen LogP contribution is -2.52. The van der Waals surface area contributed by atoms with E-state index in [1.165, 1.54) is 0 Å². The van der Waals surface area contributed by atoms with Gasteiger partial charge in [0.2, 0.25) is 0 Å². The molecule has 3 fully saturated rings. The minimum atomic E-state index is -0.604. The van der Waals surface area contributed by atoms with Crippen molar-refractivity contribution in [2.45, 2.75) is 43.3 Å². The number of methoxy groups -OCH3 is 1. The number of carbonyl (C=O) groups is 1. The number of hydrogen-bond donors (Lipinski definition) is 0. The van der Waals surface area contributed by atoms with Crippen LogP contribution in [0.25, 0.3) is 0 Å². The van der Waals surface area contributed by atoms with Gasteiger partial charge in [-0.15, -0.1) is 0 Å². The molecule has 0 aliphatic carbocycles. The molecule has 0 aromatic carbocycles. The fourth-order valence-corrected chi connectivity index (χ4v) is 5.12. The van der Waals surface area contributed by atoms with Crippen LogP contribution in [-0.4, -0.2) is 55.4 Å². The first-order valence-electron chi connectivity index (χ1n) is 7.59. The Morgan fingerprint density at radius 1 is 1.25 bits per heavy atom. The van der Waals surface area contributed by atoms with Crippen molar-refractivity contribution >= 4 is 17.5 Å². The number of ether oxygens (including phenoxy) is 3. The Bertz CT molecular complexity index is 359. The summed E-state index contributed by atoms with van der Waals surface area (Å²) in [5.41, 5.74) is -0.642. The smallest absolute Gasteiger partial charge is 0.168 e. The van der Waals surface area contributed by atoms with Crippen LogP contribution >= 0.6 is 11.8 Å². The van der Waals surface area contributed by atoms with Crippen molar-refractivity contribution in [2.24, 2.45) is 5.92 Å². The molecule has 3 aliphatic rings. The maximum atomic E-state index is 13.0. The van der Waals surface area contributed by atoms with Crippen molar-refractivity contribution in [3.8, 4) is 0 Å². The fourth-order valence-electron chi connectivity index (χ4n) is 3.74. The van der Waals surface area contributed by atoms with Crippen LogP contribution < -0.4 is 0 Å². The van der Waals surface area contributed by atoms with Crippen molar-refractivity contribution in [1.82, 2.24) is 0 Å². The molecule has 0 aromatic heterocycles. The van der Waals surface area contributed by atoms with Gasteiger partial charge in [-0.05, 0) is 25.0 Å². The summed E-state index contributed by atoms with van der Waals surface area (Å²) in [4.78, 5) is 13.0. The first-order valence-corrected chi connectivity index (χ1v) is 8.74. The van der Waals surface area contributed by atoms with Gasteiger partial charge in [0.1, 0.15) is 5.60 Å². The van der Waals surface area contributed by atoms with Gasteiger partial charge < -0.3 is 14.2 Å². The normalized spacial score (nSPS) is 37.1. The maximum absolute atomic E-state index is 13.0. The van der Waals surface area contributed by atoms with Crippen LogP contribution in [0.2, 0.25) is 0 Å². The first-order chi connectivity index (χ1) is 9.70. The largest absolute Gasteiger partial charge is 0.381 e. The molecular weight excluding hydrogens is 276 g/mol. The van der Waals surface area contributed by atoms with Gasteiger partial charge in [-0.3, -0.25) is 4.79 Å². The molecule has 0 aromatic rings. The average Bonchev–Trinajstić information content (AvgIpc) is 2.95. The van der Waals surface area contributed by atoms with E-state index in [-0.39, 0.29) is 11.5 Å². The highest BCUT2D eigenvalue weighted by Gasteiger charge is 2.48. The summed E-state index contributed by atoms with van der Waals surface area (Å²) in [6, 6.07) is 0. The second-order valence-corrected chi connectivity index (χ2v) is 7.30. The Kier molecular flexibility index (Phi) is 4.41. The third-order valence-corrected chi connectivity index (χ3v) is 6.29. The fraction of sp³-hybridized carbons (Fsp3) is 0.933. The lowest BCUT2D eigenvalue weighted by atomic mass is 9.75. The lowest BCUT2D eigenvalue weighted by Gasteiger charge is -2.42. The second-order valence-electron chi connectivity index (χ2n) is 6.20. The van der Waals surface area contributed by atoms with E-state index >= 15 is 0 Å². The third kappa shape index (κ3) is 2.65. The van der Waals surface area contributed by atoms with Gasteiger partial charge in [0, 0.05) is 51.4 Å². The number of ketones is 1. The molecule has 0 amide bonds. The number of rotatable bonds is 3. The lowest BCUT2D eigenvalue weighted by molar-refractivity contribution is -0.165. The van der Waals surface area contributed by atoms with Crippen LogP contribution in [0.15, 0.2) is 0 Å². The van der Waals surface area contributed by atoms with Crippen LogP contribution in [0.1, 0.15) is 32.1 Å². The van der Waals surface area contributed by atoms with E-state index in [0.29, 0.717) is 38.4 Å². The monoisotopic (exact) mass is 300 g/mol. The molecule has 2 atom stereocenters. The van der Waals surface area contributed by atoms with E-state index in [1.807, 2.05) is 11.8 Å². The number of thioether (sulfide) groups is 1. The van der Waals surface area contributed by atoms with E-state index in [2.05, 4.69) is 0 Å². The molecule has 4 nitrogen and oxygen atoms in total. The molecule has 114 valence electrons. The zero-order valence-corrected chi connectivity index (χ0v) is 13.0. The third-order valence-electron chi connectivity index (χ3n) is 5.07. The van der Waals surface area contributed by atoms with Crippen molar-refractivity contribution < 1.29 is 19.0 Å². The SMILES string of the molecule is COC1(C(=O)C2CCOC3(CCSC3)C2)CCOCC1. The van der Waals surface area contributed by atoms with E-state index in [4.69, 9.17) is 14.2 Å². The second kappa shape index (κ2) is 5.95. The zero-order valence-electron chi connectivity index (χ0n) is 12.2. The first kappa shape index (κ1) is 14.8. The van der Waals surface area contributed by atoms with Gasteiger partial charge >= 0.3 is 0 Å². The summed E-state index contributed by atoms with van der Waals surface area (Å²) in [7, 11) is 1.67. The molecule has 20 heavy (non-hydrogen) atoms. The average molecular weight is 300 g/mol. The molecule has 1 spiro atoms. The predicted molar refractivity (Wildman–Crippen MR) is 78.1 cm³/mol. The van der Waals surface area contributed by atoms with Crippen molar-refractivity contribution in [1.29, 1.82) is 0 Å². The number of hydrogen-bond acceptors (Lipinski definition) is 5. The quantitative estimate of drug-likeness (QED) is 0.798. The molecule has 0 saturated carbocycles. The molecule has 3 aliphatic heterocycles. The van der Waals surface area contributed by atoms with Crippen LogP contribution in [0.3, 0.4) is 0 Å². The standard InChI is InChI=1S/C15H24O4S/c1-17-15(3-7-18-8-4-15)13(16)12-2-6-19-14(10-12)5-9-20-11-14/h12H,2-11H2,1H3. The predicted octanol–water partition coefficient (Wildman–Crippen LogP) is 2.05. The Morgan fingerprint density at radius 3 is 2.70 bits per heavy atom. The number of Topliss-reactive ketones (excluding diaryl/α,β-unsaturated/α-hetero) is 1. The van der Waals surface area contributed by atoms with E-state index in [1.54, 1.807) is 7.11 Å². The molecule has 3 rings (SSSR count). The Morgan fingerprint density at radius 2 is 2.05 bits per heavy atom.